The molecule has 0 aromatic carbocycles. The fourth-order valence-corrected chi connectivity index (χ4v) is 1.87. The molecule has 0 bridgehead atoms. The average Bonchev–Trinajstić information content (AvgIpc) is 2.05. The molecule has 0 aliphatic carbocycles. The summed E-state index contributed by atoms with van der Waals surface area (Å²) in [7, 11) is 0. The Labute approximate surface area is 76.1 Å². The van der Waals surface area contributed by atoms with Crippen molar-refractivity contribution in [3.05, 3.63) is 0 Å². The molecule has 0 amide bonds. The van der Waals surface area contributed by atoms with Gasteiger partial charge in [0.05, 0.1) is 0 Å². The van der Waals surface area contributed by atoms with Gasteiger partial charge in [-0.05, 0) is 39.2 Å². The largest absolute Gasteiger partial charge is 0.329 e. The van der Waals surface area contributed by atoms with Crippen LogP contribution in [-0.2, 0) is 0 Å². The van der Waals surface area contributed by atoms with Gasteiger partial charge >= 0.3 is 0 Å². The molecule has 0 spiro atoms. The Morgan fingerprint density at radius 3 is 2.67 bits per heavy atom. The van der Waals surface area contributed by atoms with E-state index in [9.17, 15) is 0 Å². The minimum atomic E-state index is 0.203. The molecule has 2 nitrogen and oxygen atoms in total. The van der Waals surface area contributed by atoms with Crippen molar-refractivity contribution in [3.8, 4) is 0 Å². The number of hydrogen-bond acceptors (Lipinski definition) is 2. The van der Waals surface area contributed by atoms with E-state index in [2.05, 4.69) is 25.7 Å². The minimum Gasteiger partial charge on any atom is -0.329 e. The standard InChI is InChI=1S/C10H22N2/c1-9-5-4-6-12(7-9)10(2,3)8-11/h9H,4-8,11H2,1-3H3/t9-/m0/s1. The zero-order valence-corrected chi connectivity index (χ0v) is 8.64. The highest BCUT2D eigenvalue weighted by Gasteiger charge is 2.28. The Bertz CT molecular complexity index is 143. The van der Waals surface area contributed by atoms with Crippen LogP contribution in [0.5, 0.6) is 0 Å². The Morgan fingerprint density at radius 1 is 1.50 bits per heavy atom. The Morgan fingerprint density at radius 2 is 2.17 bits per heavy atom. The third-order valence-corrected chi connectivity index (χ3v) is 3.01. The molecular formula is C10H22N2. The summed E-state index contributed by atoms with van der Waals surface area (Å²) in [6.45, 7) is 10.0. The highest BCUT2D eigenvalue weighted by molar-refractivity contribution is 4.85. The summed E-state index contributed by atoms with van der Waals surface area (Å²) in [5, 5.41) is 0. The van der Waals surface area contributed by atoms with Crippen LogP contribution >= 0.6 is 0 Å². The first-order valence-electron chi connectivity index (χ1n) is 5.01. The van der Waals surface area contributed by atoms with Gasteiger partial charge < -0.3 is 5.73 Å². The molecule has 0 saturated carbocycles. The van der Waals surface area contributed by atoms with Crippen molar-refractivity contribution in [2.24, 2.45) is 11.7 Å². The first-order valence-corrected chi connectivity index (χ1v) is 5.01. The summed E-state index contributed by atoms with van der Waals surface area (Å²) in [6.07, 6.45) is 2.72. The molecule has 1 atom stereocenters. The fourth-order valence-electron chi connectivity index (χ4n) is 1.87. The molecule has 1 saturated heterocycles. The molecule has 12 heavy (non-hydrogen) atoms. The van der Waals surface area contributed by atoms with Crippen molar-refractivity contribution in [1.82, 2.24) is 4.90 Å². The summed E-state index contributed by atoms with van der Waals surface area (Å²) in [5.41, 5.74) is 5.94. The van der Waals surface area contributed by atoms with Crippen molar-refractivity contribution < 1.29 is 0 Å². The summed E-state index contributed by atoms with van der Waals surface area (Å²) >= 11 is 0. The maximum absolute atomic E-state index is 5.74. The molecule has 72 valence electrons. The van der Waals surface area contributed by atoms with Crippen LogP contribution in [0, 0.1) is 5.92 Å². The van der Waals surface area contributed by atoms with Gasteiger partial charge in [0, 0.05) is 18.6 Å². The lowest BCUT2D eigenvalue weighted by atomic mass is 9.94. The molecule has 2 N–H and O–H groups in total. The molecule has 2 heteroatoms. The molecular weight excluding hydrogens is 148 g/mol. The molecule has 0 aromatic rings. The lowest BCUT2D eigenvalue weighted by Crippen LogP contribution is -2.52. The summed E-state index contributed by atoms with van der Waals surface area (Å²) in [4.78, 5) is 2.53. The molecule has 1 heterocycles. The third kappa shape index (κ3) is 2.20. The van der Waals surface area contributed by atoms with Crippen LogP contribution in [0.3, 0.4) is 0 Å². The number of rotatable bonds is 2. The van der Waals surface area contributed by atoms with Crippen molar-refractivity contribution in [2.75, 3.05) is 19.6 Å². The molecule has 0 radical (unpaired) electrons. The highest BCUT2D eigenvalue weighted by atomic mass is 15.2. The molecule has 1 rings (SSSR count). The van der Waals surface area contributed by atoms with Gasteiger partial charge in [-0.3, -0.25) is 4.90 Å². The molecule has 0 aromatic heterocycles. The topological polar surface area (TPSA) is 29.3 Å². The number of piperidine rings is 1. The van der Waals surface area contributed by atoms with E-state index in [1.165, 1.54) is 25.9 Å². The predicted octanol–water partition coefficient (Wildman–Crippen LogP) is 1.46. The van der Waals surface area contributed by atoms with Gasteiger partial charge in [-0.25, -0.2) is 0 Å². The van der Waals surface area contributed by atoms with Gasteiger partial charge in [0.15, 0.2) is 0 Å². The monoisotopic (exact) mass is 170 g/mol. The predicted molar refractivity (Wildman–Crippen MR) is 53.1 cm³/mol. The van der Waals surface area contributed by atoms with Gasteiger partial charge in [0.25, 0.3) is 0 Å². The zero-order valence-electron chi connectivity index (χ0n) is 8.64. The van der Waals surface area contributed by atoms with Crippen molar-refractivity contribution in [1.29, 1.82) is 0 Å². The first kappa shape index (κ1) is 10.0. The average molecular weight is 170 g/mol. The second-order valence-electron chi connectivity index (χ2n) is 4.71. The molecule has 0 unspecified atom stereocenters. The summed E-state index contributed by atoms with van der Waals surface area (Å²) in [5.74, 6) is 0.851. The van der Waals surface area contributed by atoms with Gasteiger partial charge in [-0.1, -0.05) is 6.92 Å². The van der Waals surface area contributed by atoms with Crippen LogP contribution < -0.4 is 5.73 Å². The summed E-state index contributed by atoms with van der Waals surface area (Å²) < 4.78 is 0. The van der Waals surface area contributed by atoms with E-state index in [1.54, 1.807) is 0 Å². The van der Waals surface area contributed by atoms with E-state index in [0.29, 0.717) is 0 Å². The fraction of sp³-hybridized carbons (Fsp3) is 1.00. The van der Waals surface area contributed by atoms with Crippen LogP contribution in [0.2, 0.25) is 0 Å². The lowest BCUT2D eigenvalue weighted by molar-refractivity contribution is 0.0772. The Kier molecular flexibility index (Phi) is 3.13. The second-order valence-corrected chi connectivity index (χ2v) is 4.71. The van der Waals surface area contributed by atoms with E-state index in [1.807, 2.05) is 0 Å². The number of nitrogens with zero attached hydrogens (tertiary/aromatic N) is 1. The van der Waals surface area contributed by atoms with E-state index in [-0.39, 0.29) is 5.54 Å². The molecule has 1 aliphatic rings. The van der Waals surface area contributed by atoms with Crippen LogP contribution in [-0.4, -0.2) is 30.1 Å². The second kappa shape index (κ2) is 3.75. The smallest absolute Gasteiger partial charge is 0.0275 e. The number of nitrogens with two attached hydrogens (primary N) is 1. The van der Waals surface area contributed by atoms with Crippen LogP contribution in [0.1, 0.15) is 33.6 Å². The number of likely N-dealkylation sites (tertiary alicyclic amines) is 1. The normalized spacial score (nSPS) is 27.5. The van der Waals surface area contributed by atoms with Gasteiger partial charge in [0.2, 0.25) is 0 Å². The van der Waals surface area contributed by atoms with Crippen LogP contribution in [0.15, 0.2) is 0 Å². The van der Waals surface area contributed by atoms with E-state index >= 15 is 0 Å². The SMILES string of the molecule is C[C@H]1CCCN(C(C)(C)CN)C1. The quantitative estimate of drug-likeness (QED) is 0.680. The third-order valence-electron chi connectivity index (χ3n) is 3.01. The first-order chi connectivity index (χ1) is 5.56. The Hall–Kier alpha value is -0.0800. The van der Waals surface area contributed by atoms with Crippen LogP contribution in [0.4, 0.5) is 0 Å². The Balaban J connectivity index is 2.50. The van der Waals surface area contributed by atoms with Crippen LogP contribution in [0.25, 0.3) is 0 Å². The summed E-state index contributed by atoms with van der Waals surface area (Å²) in [6, 6.07) is 0. The highest BCUT2D eigenvalue weighted by Crippen LogP contribution is 2.22. The van der Waals surface area contributed by atoms with E-state index < -0.39 is 0 Å². The molecule has 1 fully saturated rings. The lowest BCUT2D eigenvalue weighted by Gasteiger charge is -2.42. The zero-order chi connectivity index (χ0) is 9.19. The molecule has 1 aliphatic heterocycles. The van der Waals surface area contributed by atoms with Gasteiger partial charge in [-0.15, -0.1) is 0 Å². The van der Waals surface area contributed by atoms with Crippen molar-refractivity contribution in [3.63, 3.8) is 0 Å². The van der Waals surface area contributed by atoms with Crippen molar-refractivity contribution in [2.45, 2.75) is 39.2 Å². The van der Waals surface area contributed by atoms with E-state index in [4.69, 9.17) is 5.73 Å². The number of hydrogen-bond donors (Lipinski definition) is 1. The van der Waals surface area contributed by atoms with Gasteiger partial charge in [0.1, 0.15) is 0 Å². The van der Waals surface area contributed by atoms with Crippen molar-refractivity contribution >= 4 is 0 Å². The minimum absolute atomic E-state index is 0.203. The maximum atomic E-state index is 5.74. The van der Waals surface area contributed by atoms with E-state index in [0.717, 1.165) is 12.5 Å². The maximum Gasteiger partial charge on any atom is 0.0275 e. The van der Waals surface area contributed by atoms with Gasteiger partial charge in [-0.2, -0.15) is 0 Å².